The Kier molecular flexibility index (Phi) is 16.4. The molecule has 45 heavy (non-hydrogen) atoms. The molecule has 11 N–H and O–H groups in total. The summed E-state index contributed by atoms with van der Waals surface area (Å²) < 4.78 is 5.30. The van der Waals surface area contributed by atoms with E-state index in [1.807, 2.05) is 36.4 Å². The van der Waals surface area contributed by atoms with Crippen molar-refractivity contribution in [1.29, 1.82) is 0 Å². The van der Waals surface area contributed by atoms with Gasteiger partial charge in [0.05, 0.1) is 19.1 Å². The molecule has 0 aliphatic rings. The standard InChI is InChI=1S/C32H50N8O5/c1-21(22-11-12-24-19-26(45-2)14-13-23(24)18-22)29(42)39-28(10-4-6-16-34)31(44)40-27(9-3-5-15-33)30(43)38-25(20-41)8-7-17-37-32(35)36/h11-14,18-21,25,27-28H,3-10,15-17,33-34H2,1-2H3,(H,38,43)(H,39,42)(H,40,44)(H4,35,36,37)/t21-,25-,27-,28-/m0/s1. The highest BCUT2D eigenvalue weighted by Gasteiger charge is 2.29. The lowest BCUT2D eigenvalue weighted by atomic mass is 9.96. The highest BCUT2D eigenvalue weighted by atomic mass is 16.5. The van der Waals surface area contributed by atoms with Gasteiger partial charge in [-0.2, -0.15) is 0 Å². The lowest BCUT2D eigenvalue weighted by Gasteiger charge is -2.25. The highest BCUT2D eigenvalue weighted by Crippen LogP contribution is 2.25. The Morgan fingerprint density at radius 2 is 1.38 bits per heavy atom. The molecule has 0 heterocycles. The fourth-order valence-electron chi connectivity index (χ4n) is 4.86. The Morgan fingerprint density at radius 3 is 1.96 bits per heavy atom. The van der Waals surface area contributed by atoms with Crippen molar-refractivity contribution in [3.63, 3.8) is 0 Å². The van der Waals surface area contributed by atoms with E-state index in [0.717, 1.165) is 22.1 Å². The monoisotopic (exact) mass is 626 g/mol. The van der Waals surface area contributed by atoms with Gasteiger partial charge in [0.25, 0.3) is 0 Å². The average molecular weight is 627 g/mol. The van der Waals surface area contributed by atoms with Crippen molar-refractivity contribution >= 4 is 40.7 Å². The number of methoxy groups -OCH3 is 1. The molecule has 0 bridgehead atoms. The van der Waals surface area contributed by atoms with Crippen LogP contribution in [0, 0.1) is 0 Å². The first-order chi connectivity index (χ1) is 21.6. The number of ether oxygens (including phenoxy) is 1. The second-order valence-electron chi connectivity index (χ2n) is 11.1. The summed E-state index contributed by atoms with van der Waals surface area (Å²) >= 11 is 0. The van der Waals surface area contributed by atoms with E-state index in [0.29, 0.717) is 77.3 Å². The van der Waals surface area contributed by atoms with Gasteiger partial charge in [0.2, 0.25) is 17.7 Å². The molecule has 0 unspecified atom stereocenters. The van der Waals surface area contributed by atoms with Crippen LogP contribution >= 0.6 is 0 Å². The summed E-state index contributed by atoms with van der Waals surface area (Å²) in [5, 5.41) is 10.4. The van der Waals surface area contributed by atoms with E-state index < -0.39 is 35.9 Å². The van der Waals surface area contributed by atoms with Crippen LogP contribution < -0.4 is 43.6 Å². The van der Waals surface area contributed by atoms with Gasteiger partial charge in [-0.25, -0.2) is 0 Å². The number of nitrogens with one attached hydrogen (secondary N) is 3. The van der Waals surface area contributed by atoms with Gasteiger partial charge in [0.15, 0.2) is 5.96 Å². The third-order valence-corrected chi connectivity index (χ3v) is 7.58. The molecule has 248 valence electrons. The number of hydrogen-bond acceptors (Lipinski definition) is 8. The Morgan fingerprint density at radius 1 is 0.800 bits per heavy atom. The number of fused-ring (bicyclic) bond motifs is 1. The number of carbonyl (C=O) groups is 4. The van der Waals surface area contributed by atoms with Crippen LogP contribution in [0.5, 0.6) is 5.75 Å². The maximum atomic E-state index is 13.6. The summed E-state index contributed by atoms with van der Waals surface area (Å²) in [5.41, 5.74) is 22.8. The van der Waals surface area contributed by atoms with Crippen LogP contribution in [0.4, 0.5) is 0 Å². The predicted octanol–water partition coefficient (Wildman–Crippen LogP) is 0.917. The SMILES string of the molecule is COc1ccc2cc([C@H](C)C(=O)N[C@@H](CCCCN)C(=O)N[C@@H](CCCCN)C(=O)N[C@H](C=O)CCCN=C(N)N)ccc2c1. The number of carbonyl (C=O) groups excluding carboxylic acids is 4. The second-order valence-corrected chi connectivity index (χ2v) is 11.1. The van der Waals surface area contributed by atoms with Crippen LogP contribution in [0.3, 0.4) is 0 Å². The van der Waals surface area contributed by atoms with Crippen molar-refractivity contribution in [2.75, 3.05) is 26.7 Å². The molecule has 13 heteroatoms. The van der Waals surface area contributed by atoms with Gasteiger partial charge >= 0.3 is 0 Å². The van der Waals surface area contributed by atoms with Crippen LogP contribution in [-0.2, 0) is 19.2 Å². The number of aldehydes is 1. The first-order valence-corrected chi connectivity index (χ1v) is 15.5. The molecule has 0 aliphatic carbocycles. The van der Waals surface area contributed by atoms with Gasteiger partial charge in [0.1, 0.15) is 24.1 Å². The second kappa shape index (κ2) is 19.9. The number of nitrogens with zero attached hydrogens (tertiary/aromatic N) is 1. The molecule has 0 saturated carbocycles. The van der Waals surface area contributed by atoms with Gasteiger partial charge < -0.3 is 48.4 Å². The van der Waals surface area contributed by atoms with E-state index in [2.05, 4.69) is 20.9 Å². The van der Waals surface area contributed by atoms with Crippen LogP contribution in [0.25, 0.3) is 10.8 Å². The lowest BCUT2D eigenvalue weighted by molar-refractivity contribution is -0.133. The highest BCUT2D eigenvalue weighted by molar-refractivity contribution is 5.94. The maximum Gasteiger partial charge on any atom is 0.243 e. The molecule has 2 aromatic rings. The minimum absolute atomic E-state index is 0.0508. The summed E-state index contributed by atoms with van der Waals surface area (Å²) in [7, 11) is 1.61. The molecule has 0 saturated heterocycles. The summed E-state index contributed by atoms with van der Waals surface area (Å²) in [6, 6.07) is 8.89. The van der Waals surface area contributed by atoms with Crippen molar-refractivity contribution < 1.29 is 23.9 Å². The molecule has 0 radical (unpaired) electrons. The van der Waals surface area contributed by atoms with Gasteiger partial charge in [-0.15, -0.1) is 0 Å². The minimum Gasteiger partial charge on any atom is -0.497 e. The molecule has 13 nitrogen and oxygen atoms in total. The van der Waals surface area contributed by atoms with E-state index >= 15 is 0 Å². The molecule has 0 aromatic heterocycles. The van der Waals surface area contributed by atoms with Gasteiger partial charge in [0, 0.05) is 6.54 Å². The molecule has 0 aliphatic heterocycles. The number of unbranched alkanes of at least 4 members (excludes halogenated alkanes) is 2. The summed E-state index contributed by atoms with van der Waals surface area (Å²) in [6.07, 6.45) is 4.62. The Hall–Kier alpha value is -4.23. The lowest BCUT2D eigenvalue weighted by Crippen LogP contribution is -2.55. The number of amides is 3. The minimum atomic E-state index is -0.923. The van der Waals surface area contributed by atoms with Crippen molar-refractivity contribution in [2.45, 2.75) is 82.3 Å². The quantitative estimate of drug-likeness (QED) is 0.0451. The third kappa shape index (κ3) is 12.7. The summed E-state index contributed by atoms with van der Waals surface area (Å²) in [6.45, 7) is 2.98. The molecule has 0 fully saturated rings. The van der Waals surface area contributed by atoms with E-state index in [9.17, 15) is 19.2 Å². The number of aliphatic imine (C=N–C) groups is 1. The zero-order chi connectivity index (χ0) is 33.2. The smallest absolute Gasteiger partial charge is 0.243 e. The number of hydrogen-bond donors (Lipinski definition) is 7. The first kappa shape index (κ1) is 37.0. The molecule has 0 spiro atoms. The number of benzene rings is 2. The fraction of sp³-hybridized carbons (Fsp3) is 0.531. The van der Waals surface area contributed by atoms with E-state index in [1.54, 1.807) is 14.0 Å². The van der Waals surface area contributed by atoms with Crippen LogP contribution in [0.2, 0.25) is 0 Å². The van der Waals surface area contributed by atoms with Gasteiger partial charge in [-0.05, 0) is 99.8 Å². The number of nitrogens with two attached hydrogens (primary N) is 4. The largest absolute Gasteiger partial charge is 0.497 e. The summed E-state index contributed by atoms with van der Waals surface area (Å²) in [5.74, 6) is -1.15. The Labute approximate surface area is 265 Å². The first-order valence-electron chi connectivity index (χ1n) is 15.5. The normalized spacial score (nSPS) is 13.6. The van der Waals surface area contributed by atoms with E-state index in [1.165, 1.54) is 0 Å². The molecule has 4 atom stereocenters. The predicted molar refractivity (Wildman–Crippen MR) is 176 cm³/mol. The number of guanidine groups is 1. The van der Waals surface area contributed by atoms with Crippen molar-refractivity contribution in [3.05, 3.63) is 42.0 Å². The zero-order valence-corrected chi connectivity index (χ0v) is 26.4. The average Bonchev–Trinajstić information content (AvgIpc) is 3.03. The van der Waals surface area contributed by atoms with Gasteiger partial charge in [-0.3, -0.25) is 19.4 Å². The maximum absolute atomic E-state index is 13.6. The Balaban J connectivity index is 2.16. The molecular weight excluding hydrogens is 576 g/mol. The molecule has 2 rings (SSSR count). The van der Waals surface area contributed by atoms with Crippen LogP contribution in [-0.4, -0.2) is 74.8 Å². The third-order valence-electron chi connectivity index (χ3n) is 7.58. The number of rotatable bonds is 21. The van der Waals surface area contributed by atoms with Crippen molar-refractivity contribution in [3.8, 4) is 5.75 Å². The van der Waals surface area contributed by atoms with E-state index in [4.69, 9.17) is 27.7 Å². The molecular formula is C32H50N8O5. The van der Waals surface area contributed by atoms with Crippen LogP contribution in [0.15, 0.2) is 41.4 Å². The fourth-order valence-corrected chi connectivity index (χ4v) is 4.86. The topological polar surface area (TPSA) is 230 Å². The van der Waals surface area contributed by atoms with E-state index in [-0.39, 0.29) is 11.9 Å². The van der Waals surface area contributed by atoms with Gasteiger partial charge in [-0.1, -0.05) is 24.3 Å². The molecule has 3 amide bonds. The zero-order valence-electron chi connectivity index (χ0n) is 26.4. The van der Waals surface area contributed by atoms with Crippen molar-refractivity contribution in [1.82, 2.24) is 16.0 Å². The molecule has 2 aromatic carbocycles. The summed E-state index contributed by atoms with van der Waals surface area (Å²) in [4.78, 5) is 55.8. The Bertz CT molecular complexity index is 1280. The van der Waals surface area contributed by atoms with Crippen molar-refractivity contribution in [2.24, 2.45) is 27.9 Å². The van der Waals surface area contributed by atoms with Crippen LogP contribution in [0.1, 0.15) is 69.8 Å².